The molecule has 5 nitrogen and oxygen atoms in total. The van der Waals surface area contributed by atoms with Crippen LogP contribution in [0.25, 0.3) is 0 Å². The molecule has 0 aliphatic heterocycles. The van der Waals surface area contributed by atoms with Crippen molar-refractivity contribution in [3.05, 3.63) is 256 Å². The molecule has 0 saturated heterocycles. The van der Waals surface area contributed by atoms with E-state index in [1.165, 1.54) is 62.6 Å². The Hall–Kier alpha value is -7.24. The van der Waals surface area contributed by atoms with Crippen LogP contribution >= 0.6 is 0 Å². The van der Waals surface area contributed by atoms with Gasteiger partial charge in [0.05, 0.1) is 7.11 Å². The number of ether oxygens (including phenoxy) is 1. The van der Waals surface area contributed by atoms with E-state index in [4.69, 9.17) is 9.84 Å². The van der Waals surface area contributed by atoms with Gasteiger partial charge in [-0.05, 0) is 201 Å². The molecule has 0 amide bonds. The lowest BCUT2D eigenvalue weighted by Crippen LogP contribution is -2.38. The molecule has 0 aromatic heterocycles. The molecule has 13 rings (SSSR count). The Morgan fingerprint density at radius 3 is 0.920 bits per heavy atom. The van der Waals surface area contributed by atoms with Gasteiger partial charge in [-0.1, -0.05) is 267 Å². The van der Waals surface area contributed by atoms with Crippen molar-refractivity contribution in [2.45, 2.75) is 200 Å². The molecule has 0 radical (unpaired) electrons. The van der Waals surface area contributed by atoms with Crippen LogP contribution in [0, 0.1) is 44.4 Å². The molecule has 88 heavy (non-hydrogen) atoms. The van der Waals surface area contributed by atoms with E-state index in [-0.39, 0.29) is 33.5 Å². The Bertz CT molecular complexity index is 2810. The SMILES string of the molecule is C1C2CC3CC1CC(C2)C3.CC.CC.CC.CC.CC.CC.CC.CC1(C)CC(c2ccc(O)cc2)(c2ccc(O)cc2)c2ccccc21.COc1ccc(C(C)(c2ccccc2)c2ccc(O)cc2)cc1.Cc1ccc(C)cc1.Cc1ccc(O)cc1. The third-order valence-electron chi connectivity index (χ3n) is 16.3. The summed E-state index contributed by atoms with van der Waals surface area (Å²) in [6, 6.07) is 65.3. The lowest BCUT2D eigenvalue weighted by Gasteiger charge is -2.49. The van der Waals surface area contributed by atoms with Gasteiger partial charge in [0.15, 0.2) is 0 Å². The normalized spacial score (nSPS) is 17.1. The van der Waals surface area contributed by atoms with Gasteiger partial charge in [-0.2, -0.15) is 0 Å². The van der Waals surface area contributed by atoms with Crippen molar-refractivity contribution in [3.63, 3.8) is 0 Å². The molecular formula is C83H118O5. The van der Waals surface area contributed by atoms with Crippen LogP contribution in [0.1, 0.15) is 218 Å². The maximum atomic E-state index is 9.76. The largest absolute Gasteiger partial charge is 0.508 e. The highest BCUT2D eigenvalue weighted by molar-refractivity contribution is 5.60. The maximum Gasteiger partial charge on any atom is 0.118 e. The van der Waals surface area contributed by atoms with Gasteiger partial charge in [-0.3, -0.25) is 0 Å². The molecule has 5 heteroatoms. The highest BCUT2D eigenvalue weighted by Crippen LogP contribution is 2.57. The Labute approximate surface area is 537 Å². The number of phenolic OH excluding ortho intramolecular Hbond substituents is 4. The third-order valence-corrected chi connectivity index (χ3v) is 16.3. The summed E-state index contributed by atoms with van der Waals surface area (Å²) in [4.78, 5) is 0. The van der Waals surface area contributed by atoms with Gasteiger partial charge < -0.3 is 25.2 Å². The Kier molecular flexibility index (Phi) is 37.4. The first-order chi connectivity index (χ1) is 42.5. The lowest BCUT2D eigenvalue weighted by atomic mass is 9.56. The molecule has 4 saturated carbocycles. The van der Waals surface area contributed by atoms with Crippen LogP contribution in [-0.2, 0) is 16.2 Å². The minimum absolute atomic E-state index is 0.0341. The summed E-state index contributed by atoms with van der Waals surface area (Å²) in [5.41, 5.74) is 11.8. The minimum Gasteiger partial charge on any atom is -0.508 e. The number of aryl methyl sites for hydroxylation is 3. The van der Waals surface area contributed by atoms with Gasteiger partial charge in [0, 0.05) is 10.8 Å². The molecule has 4 N–H and O–H groups in total. The molecule has 4 bridgehead atoms. The van der Waals surface area contributed by atoms with E-state index >= 15 is 0 Å². The maximum absolute atomic E-state index is 9.76. The quantitative estimate of drug-likeness (QED) is 0.125. The second-order valence-electron chi connectivity index (χ2n) is 22.2. The molecule has 0 heterocycles. The molecule has 1 atom stereocenters. The predicted octanol–water partition coefficient (Wildman–Crippen LogP) is 23.9. The number of methoxy groups -OCH3 is 1. The Morgan fingerprint density at radius 1 is 0.341 bits per heavy atom. The van der Waals surface area contributed by atoms with Crippen molar-refractivity contribution in [1.29, 1.82) is 0 Å². The third kappa shape index (κ3) is 22.4. The zero-order valence-corrected chi connectivity index (χ0v) is 58.5. The highest BCUT2D eigenvalue weighted by atomic mass is 16.5. The summed E-state index contributed by atoms with van der Waals surface area (Å²) in [5, 5.41) is 37.9. The number of hydrogen-bond acceptors (Lipinski definition) is 5. The number of fused-ring (bicyclic) bond motifs is 1. The van der Waals surface area contributed by atoms with Crippen molar-refractivity contribution >= 4 is 0 Å². The molecule has 8 aromatic carbocycles. The molecule has 4 fully saturated rings. The number of aromatic hydroxyl groups is 4. The Balaban J connectivity index is 0.000000556. The van der Waals surface area contributed by atoms with Crippen LogP contribution in [0.3, 0.4) is 0 Å². The first-order valence-corrected chi connectivity index (χ1v) is 33.5. The van der Waals surface area contributed by atoms with Crippen molar-refractivity contribution < 1.29 is 25.2 Å². The monoisotopic (exact) mass is 1190 g/mol. The van der Waals surface area contributed by atoms with Crippen LogP contribution in [0.4, 0.5) is 0 Å². The summed E-state index contributed by atoms with van der Waals surface area (Å²) in [5.74, 6) is 6.70. The molecule has 0 spiro atoms. The van der Waals surface area contributed by atoms with Crippen molar-refractivity contribution in [3.8, 4) is 28.7 Å². The fraction of sp³-hybridized carbons (Fsp3) is 0.422. The summed E-state index contributed by atoms with van der Waals surface area (Å²) < 4.78 is 5.28. The van der Waals surface area contributed by atoms with E-state index in [9.17, 15) is 15.3 Å². The van der Waals surface area contributed by atoms with Crippen molar-refractivity contribution in [1.82, 2.24) is 0 Å². The van der Waals surface area contributed by atoms with Gasteiger partial charge in [0.25, 0.3) is 0 Å². The standard InChI is InChI=1S/C23H22O2.C21H20O2.C10H16.C8H10.C7H8O.7C2H6/c1-22(2)15-23(16-7-11-18(24)12-8-16,17-9-13-19(25)14-10-17)21-6-4-3-5-20(21)22;1-21(16-6-4-3-5-7-16,17-8-12-19(22)13-9-17)18-10-14-20(23-2)15-11-18;1-7-2-9-4-8(1)5-10(3-7)6-9;1-7-3-5-8(2)6-4-7;1-6-2-4-7(8)5-3-6;7*1-2/h3-14,24-25H,15H2,1-2H3;3-15,22H,1-2H3;7-10H,1-6H2;3-6H,1-2H3;2-5,8H,1H3;7*1-2H3. The Morgan fingerprint density at radius 2 is 0.602 bits per heavy atom. The summed E-state index contributed by atoms with van der Waals surface area (Å²) in [7, 11) is 1.67. The van der Waals surface area contributed by atoms with Crippen LogP contribution in [0.5, 0.6) is 28.7 Å². The van der Waals surface area contributed by atoms with Crippen molar-refractivity contribution in [2.75, 3.05) is 7.11 Å². The van der Waals surface area contributed by atoms with Gasteiger partial charge >= 0.3 is 0 Å². The molecule has 5 aliphatic carbocycles. The van der Waals surface area contributed by atoms with Crippen molar-refractivity contribution in [2.24, 2.45) is 23.7 Å². The van der Waals surface area contributed by atoms with E-state index in [2.05, 4.69) is 120 Å². The first-order valence-electron chi connectivity index (χ1n) is 33.5. The summed E-state index contributed by atoms with van der Waals surface area (Å²) in [6.07, 6.45) is 10.6. The smallest absolute Gasteiger partial charge is 0.118 e. The predicted molar refractivity (Wildman–Crippen MR) is 383 cm³/mol. The summed E-state index contributed by atoms with van der Waals surface area (Å²) >= 11 is 0. The number of phenols is 4. The average molecular weight is 1200 g/mol. The van der Waals surface area contributed by atoms with E-state index in [0.29, 0.717) is 5.75 Å². The van der Waals surface area contributed by atoms with Crippen LogP contribution in [0.15, 0.2) is 200 Å². The van der Waals surface area contributed by atoms with E-state index in [1.54, 1.807) is 94.2 Å². The van der Waals surface area contributed by atoms with Gasteiger partial charge in [-0.15, -0.1) is 0 Å². The first kappa shape index (κ1) is 78.8. The van der Waals surface area contributed by atoms with E-state index in [1.807, 2.05) is 171 Å². The number of benzene rings is 8. The zero-order valence-electron chi connectivity index (χ0n) is 58.5. The van der Waals surface area contributed by atoms with Crippen LogP contribution in [0.2, 0.25) is 0 Å². The second-order valence-corrected chi connectivity index (χ2v) is 22.2. The minimum atomic E-state index is -0.304. The molecule has 480 valence electrons. The number of hydrogen-bond donors (Lipinski definition) is 4. The van der Waals surface area contributed by atoms with Crippen LogP contribution in [-0.4, -0.2) is 27.5 Å². The zero-order chi connectivity index (χ0) is 66.5. The average Bonchev–Trinajstić information content (AvgIpc) is 1.55. The fourth-order valence-corrected chi connectivity index (χ4v) is 12.6. The highest BCUT2D eigenvalue weighted by Gasteiger charge is 2.49. The van der Waals surface area contributed by atoms with Gasteiger partial charge in [-0.25, -0.2) is 0 Å². The topological polar surface area (TPSA) is 90.2 Å². The lowest BCUT2D eigenvalue weighted by molar-refractivity contribution is 0.0198. The molecule has 1 unspecified atom stereocenters. The fourth-order valence-electron chi connectivity index (χ4n) is 12.6. The number of rotatable bonds is 6. The van der Waals surface area contributed by atoms with Crippen LogP contribution < -0.4 is 4.74 Å². The second kappa shape index (κ2) is 41.8. The molecular weight excluding hydrogens is 1080 g/mol. The molecule has 8 aromatic rings. The van der Waals surface area contributed by atoms with E-state index in [0.717, 1.165) is 28.9 Å². The summed E-state index contributed by atoms with van der Waals surface area (Å²) in [6.45, 7) is 41.0. The molecule has 5 aliphatic rings. The van der Waals surface area contributed by atoms with E-state index < -0.39 is 0 Å². The van der Waals surface area contributed by atoms with Gasteiger partial charge in [0.2, 0.25) is 0 Å². The van der Waals surface area contributed by atoms with Gasteiger partial charge in [0.1, 0.15) is 28.7 Å².